The van der Waals surface area contributed by atoms with Gasteiger partial charge in [0.2, 0.25) is 5.91 Å². The minimum Gasteiger partial charge on any atom is -0.479 e. The number of carboxylic acids is 1. The smallest absolute Gasteiger partial charge is 0.332 e. The first-order chi connectivity index (χ1) is 9.95. The molecule has 1 fully saturated rings. The van der Waals surface area contributed by atoms with E-state index in [0.29, 0.717) is 19.7 Å². The van der Waals surface area contributed by atoms with Crippen molar-refractivity contribution in [2.45, 2.75) is 32.2 Å². The highest BCUT2D eigenvalue weighted by Gasteiger charge is 2.43. The Morgan fingerprint density at radius 2 is 1.95 bits per heavy atom. The van der Waals surface area contributed by atoms with Crippen molar-refractivity contribution < 1.29 is 24.2 Å². The van der Waals surface area contributed by atoms with Crippen LogP contribution >= 0.6 is 0 Å². The first-order valence-electron chi connectivity index (χ1n) is 7.10. The molecule has 1 rings (SSSR count). The van der Waals surface area contributed by atoms with Crippen LogP contribution < -0.4 is 10.6 Å². The first kappa shape index (κ1) is 17.2. The second-order valence-electron chi connectivity index (χ2n) is 4.89. The lowest BCUT2D eigenvalue weighted by atomic mass is 9.99. The molecule has 1 atom stereocenters. The molecule has 0 aromatic rings. The largest absolute Gasteiger partial charge is 0.479 e. The molecule has 0 aromatic carbocycles. The maximum Gasteiger partial charge on any atom is 0.332 e. The zero-order valence-electron chi connectivity index (χ0n) is 12.5. The summed E-state index contributed by atoms with van der Waals surface area (Å²) in [6.07, 6.45) is 0.416. The lowest BCUT2D eigenvalue weighted by Gasteiger charge is -2.24. The number of aliphatic carboxylic acids is 1. The van der Waals surface area contributed by atoms with Gasteiger partial charge in [0.15, 0.2) is 5.54 Å². The maximum atomic E-state index is 11.7. The third-order valence-electron chi connectivity index (χ3n) is 3.52. The number of hydrogen-bond acceptors (Lipinski definition) is 4. The fourth-order valence-electron chi connectivity index (χ4n) is 2.16. The standard InChI is InChI=1S/C13H23N3O5/c1-3-16(4-2)10(17)5-7-14-12(20)15-13(11(18)19)6-8-21-9-13/h3-9H2,1-2H3,(H,18,19)(H2,14,15,20). The molecule has 1 unspecified atom stereocenters. The molecule has 8 heteroatoms. The van der Waals surface area contributed by atoms with Gasteiger partial charge in [0.1, 0.15) is 0 Å². The van der Waals surface area contributed by atoms with E-state index in [0.717, 1.165) is 0 Å². The molecule has 21 heavy (non-hydrogen) atoms. The van der Waals surface area contributed by atoms with Crippen molar-refractivity contribution in [2.24, 2.45) is 0 Å². The molecule has 0 aliphatic carbocycles. The number of nitrogens with zero attached hydrogens (tertiary/aromatic N) is 1. The van der Waals surface area contributed by atoms with Crippen LogP contribution in [0.25, 0.3) is 0 Å². The van der Waals surface area contributed by atoms with Crippen LogP contribution in [-0.2, 0) is 14.3 Å². The molecule has 3 amide bonds. The number of hydrogen-bond donors (Lipinski definition) is 3. The zero-order valence-corrected chi connectivity index (χ0v) is 12.5. The van der Waals surface area contributed by atoms with Crippen LogP contribution in [0.2, 0.25) is 0 Å². The Hall–Kier alpha value is -1.83. The summed E-state index contributed by atoms with van der Waals surface area (Å²) in [4.78, 5) is 36.4. The lowest BCUT2D eigenvalue weighted by molar-refractivity contribution is -0.144. The van der Waals surface area contributed by atoms with E-state index in [4.69, 9.17) is 4.74 Å². The third-order valence-corrected chi connectivity index (χ3v) is 3.52. The van der Waals surface area contributed by atoms with Crippen molar-refractivity contribution in [2.75, 3.05) is 32.8 Å². The van der Waals surface area contributed by atoms with Gasteiger partial charge in [-0.1, -0.05) is 0 Å². The van der Waals surface area contributed by atoms with E-state index in [1.807, 2.05) is 13.8 Å². The molecule has 1 aliphatic heterocycles. The van der Waals surface area contributed by atoms with Crippen LogP contribution in [0.15, 0.2) is 0 Å². The van der Waals surface area contributed by atoms with E-state index >= 15 is 0 Å². The Labute approximate surface area is 123 Å². The average Bonchev–Trinajstić information content (AvgIpc) is 2.90. The van der Waals surface area contributed by atoms with Crippen LogP contribution in [0.1, 0.15) is 26.7 Å². The quantitative estimate of drug-likeness (QED) is 0.603. The van der Waals surface area contributed by atoms with Crippen molar-refractivity contribution in [1.29, 1.82) is 0 Å². The number of amides is 3. The number of urea groups is 1. The van der Waals surface area contributed by atoms with Crippen LogP contribution in [0.4, 0.5) is 4.79 Å². The molecule has 0 bridgehead atoms. The van der Waals surface area contributed by atoms with Gasteiger partial charge in [-0.15, -0.1) is 0 Å². The first-order valence-corrected chi connectivity index (χ1v) is 7.10. The molecule has 0 aromatic heterocycles. The number of carboxylic acid groups (broad SMARTS) is 1. The Bertz CT molecular complexity index is 389. The van der Waals surface area contributed by atoms with Gasteiger partial charge in [0, 0.05) is 39.1 Å². The number of rotatable bonds is 7. The predicted octanol–water partition coefficient (Wildman–Crippen LogP) is -0.212. The number of ether oxygens (including phenoxy) is 1. The molecule has 1 saturated heterocycles. The van der Waals surface area contributed by atoms with Gasteiger partial charge >= 0.3 is 12.0 Å². The van der Waals surface area contributed by atoms with Crippen molar-refractivity contribution in [3.8, 4) is 0 Å². The normalized spacial score (nSPS) is 20.9. The van der Waals surface area contributed by atoms with Crippen LogP contribution in [0.3, 0.4) is 0 Å². The van der Waals surface area contributed by atoms with E-state index in [-0.39, 0.29) is 31.9 Å². The minimum atomic E-state index is -1.37. The van der Waals surface area contributed by atoms with Crippen LogP contribution in [-0.4, -0.2) is 66.3 Å². The fraction of sp³-hybridized carbons (Fsp3) is 0.769. The summed E-state index contributed by atoms with van der Waals surface area (Å²) in [7, 11) is 0. The molecule has 1 aliphatic rings. The monoisotopic (exact) mass is 301 g/mol. The Balaban J connectivity index is 2.37. The minimum absolute atomic E-state index is 0.0440. The summed E-state index contributed by atoms with van der Waals surface area (Å²) in [5.74, 6) is -1.16. The molecular weight excluding hydrogens is 278 g/mol. The molecular formula is C13H23N3O5. The summed E-state index contributed by atoms with van der Waals surface area (Å²) in [6, 6.07) is -0.602. The second-order valence-corrected chi connectivity index (χ2v) is 4.89. The number of carbonyl (C=O) groups excluding carboxylic acids is 2. The topological polar surface area (TPSA) is 108 Å². The molecule has 1 heterocycles. The summed E-state index contributed by atoms with van der Waals surface area (Å²) in [6.45, 7) is 5.44. The summed E-state index contributed by atoms with van der Waals surface area (Å²) < 4.78 is 5.04. The van der Waals surface area contributed by atoms with Crippen molar-refractivity contribution in [1.82, 2.24) is 15.5 Å². The number of carbonyl (C=O) groups is 3. The van der Waals surface area contributed by atoms with Gasteiger partial charge in [-0.25, -0.2) is 9.59 Å². The van der Waals surface area contributed by atoms with Gasteiger partial charge in [-0.05, 0) is 13.8 Å². The Kier molecular flexibility index (Phi) is 6.41. The molecule has 120 valence electrons. The second kappa shape index (κ2) is 7.82. The van der Waals surface area contributed by atoms with Gasteiger partial charge in [-0.2, -0.15) is 0 Å². The zero-order chi connectivity index (χ0) is 15.9. The van der Waals surface area contributed by atoms with Gasteiger partial charge in [0.25, 0.3) is 0 Å². The van der Waals surface area contributed by atoms with Crippen molar-refractivity contribution in [3.05, 3.63) is 0 Å². The maximum absolute atomic E-state index is 11.7. The van der Waals surface area contributed by atoms with E-state index in [1.165, 1.54) is 0 Å². The molecule has 0 spiro atoms. The molecule has 0 radical (unpaired) electrons. The van der Waals surface area contributed by atoms with Gasteiger partial charge in [-0.3, -0.25) is 4.79 Å². The summed E-state index contributed by atoms with van der Waals surface area (Å²) in [5, 5.41) is 14.1. The SMILES string of the molecule is CCN(CC)C(=O)CCNC(=O)NC1(C(=O)O)CCOC1. The lowest BCUT2D eigenvalue weighted by Crippen LogP contribution is -2.57. The molecule has 0 saturated carbocycles. The average molecular weight is 301 g/mol. The third kappa shape index (κ3) is 4.59. The highest BCUT2D eigenvalue weighted by molar-refractivity contribution is 5.87. The fourth-order valence-corrected chi connectivity index (χ4v) is 2.16. The Morgan fingerprint density at radius 3 is 2.43 bits per heavy atom. The highest BCUT2D eigenvalue weighted by atomic mass is 16.5. The summed E-state index contributed by atoms with van der Waals surface area (Å²) >= 11 is 0. The van der Waals surface area contributed by atoms with E-state index in [9.17, 15) is 19.5 Å². The van der Waals surface area contributed by atoms with E-state index < -0.39 is 17.5 Å². The molecule has 3 N–H and O–H groups in total. The Morgan fingerprint density at radius 1 is 1.29 bits per heavy atom. The van der Waals surface area contributed by atoms with Crippen molar-refractivity contribution in [3.63, 3.8) is 0 Å². The van der Waals surface area contributed by atoms with Crippen LogP contribution in [0.5, 0.6) is 0 Å². The predicted molar refractivity (Wildman–Crippen MR) is 74.9 cm³/mol. The van der Waals surface area contributed by atoms with Gasteiger partial charge in [0.05, 0.1) is 6.61 Å². The summed E-state index contributed by atoms with van der Waals surface area (Å²) in [5.41, 5.74) is -1.37. The highest BCUT2D eigenvalue weighted by Crippen LogP contribution is 2.18. The van der Waals surface area contributed by atoms with Gasteiger partial charge < -0.3 is 25.4 Å². The molecule has 8 nitrogen and oxygen atoms in total. The van der Waals surface area contributed by atoms with E-state index in [1.54, 1.807) is 4.90 Å². The van der Waals surface area contributed by atoms with Crippen LogP contribution in [0, 0.1) is 0 Å². The van der Waals surface area contributed by atoms with Crippen molar-refractivity contribution >= 4 is 17.9 Å². The number of nitrogens with one attached hydrogen (secondary N) is 2. The van der Waals surface area contributed by atoms with E-state index in [2.05, 4.69) is 10.6 Å².